The standard InChI is InChI=1S/C21H18ClNO4/c1-13(2)16-11-20(25)23(21(16)26)15-8-9-17(22)19(10-15)27-12-18(24)14-6-4-3-5-7-14/h3-10H,11-12H2,1-2H3. The second kappa shape index (κ2) is 7.76. The molecule has 0 aromatic heterocycles. The fourth-order valence-electron chi connectivity index (χ4n) is 2.80. The molecule has 138 valence electrons. The van der Waals surface area contributed by atoms with E-state index < -0.39 is 0 Å². The van der Waals surface area contributed by atoms with Crippen LogP contribution >= 0.6 is 11.6 Å². The number of allylic oxidation sites excluding steroid dienone is 1. The molecule has 0 unspecified atom stereocenters. The zero-order valence-electron chi connectivity index (χ0n) is 15.0. The van der Waals surface area contributed by atoms with Crippen LogP contribution < -0.4 is 9.64 Å². The average molecular weight is 384 g/mol. The van der Waals surface area contributed by atoms with Gasteiger partial charge in [-0.25, -0.2) is 4.90 Å². The molecule has 1 aliphatic heterocycles. The van der Waals surface area contributed by atoms with E-state index in [0.717, 1.165) is 10.5 Å². The van der Waals surface area contributed by atoms with E-state index in [2.05, 4.69) is 0 Å². The van der Waals surface area contributed by atoms with Gasteiger partial charge in [0, 0.05) is 17.2 Å². The lowest BCUT2D eigenvalue weighted by Crippen LogP contribution is -2.29. The first kappa shape index (κ1) is 18.9. The SMILES string of the molecule is CC(C)=C1CC(=O)N(c2ccc(Cl)c(OCC(=O)c3ccccc3)c2)C1=O. The predicted octanol–water partition coefficient (Wildman–Crippen LogP) is 4.20. The van der Waals surface area contributed by atoms with Crippen LogP contribution in [0.2, 0.25) is 5.02 Å². The quantitative estimate of drug-likeness (QED) is 0.441. The molecule has 0 aliphatic carbocycles. The van der Waals surface area contributed by atoms with Crippen molar-refractivity contribution in [2.45, 2.75) is 20.3 Å². The molecular weight excluding hydrogens is 366 g/mol. The molecule has 1 heterocycles. The molecule has 0 radical (unpaired) electrons. The minimum Gasteiger partial charge on any atom is -0.484 e. The van der Waals surface area contributed by atoms with E-state index in [1.807, 2.05) is 6.07 Å². The van der Waals surface area contributed by atoms with Gasteiger partial charge in [-0.05, 0) is 26.0 Å². The Balaban J connectivity index is 1.81. The number of ether oxygens (including phenoxy) is 1. The first-order valence-electron chi connectivity index (χ1n) is 8.42. The number of carbonyl (C=O) groups excluding carboxylic acids is 3. The second-order valence-corrected chi connectivity index (χ2v) is 6.79. The molecule has 1 aliphatic rings. The van der Waals surface area contributed by atoms with Crippen LogP contribution in [-0.2, 0) is 9.59 Å². The van der Waals surface area contributed by atoms with Crippen LogP contribution in [0.5, 0.6) is 5.75 Å². The number of anilines is 1. The van der Waals surface area contributed by atoms with Gasteiger partial charge in [-0.2, -0.15) is 0 Å². The van der Waals surface area contributed by atoms with Crippen molar-refractivity contribution in [1.29, 1.82) is 0 Å². The number of hydrogen-bond donors (Lipinski definition) is 0. The Bertz CT molecular complexity index is 946. The number of ketones is 1. The van der Waals surface area contributed by atoms with Gasteiger partial charge < -0.3 is 4.74 Å². The molecule has 6 heteroatoms. The van der Waals surface area contributed by atoms with Crippen molar-refractivity contribution in [3.05, 3.63) is 70.3 Å². The summed E-state index contributed by atoms with van der Waals surface area (Å²) in [5.41, 5.74) is 2.21. The highest BCUT2D eigenvalue weighted by atomic mass is 35.5. The van der Waals surface area contributed by atoms with Crippen molar-refractivity contribution in [2.24, 2.45) is 0 Å². The largest absolute Gasteiger partial charge is 0.484 e. The van der Waals surface area contributed by atoms with Crippen LogP contribution in [0.1, 0.15) is 30.6 Å². The fraction of sp³-hybridized carbons (Fsp3) is 0.190. The number of imide groups is 1. The Morgan fingerprint density at radius 1 is 1.11 bits per heavy atom. The lowest BCUT2D eigenvalue weighted by Gasteiger charge is -2.16. The lowest BCUT2D eigenvalue weighted by atomic mass is 10.1. The third-order valence-electron chi connectivity index (χ3n) is 4.27. The molecular formula is C21H18ClNO4. The number of Topliss-reactive ketones (excluding diaryl/α,β-unsaturated/α-hetero) is 1. The number of carbonyl (C=O) groups is 3. The fourth-order valence-corrected chi connectivity index (χ4v) is 2.97. The molecule has 3 rings (SSSR count). The molecule has 5 nitrogen and oxygen atoms in total. The van der Waals surface area contributed by atoms with Gasteiger partial charge in [-0.3, -0.25) is 14.4 Å². The molecule has 0 spiro atoms. The van der Waals surface area contributed by atoms with Crippen molar-refractivity contribution >= 4 is 34.9 Å². The topological polar surface area (TPSA) is 63.7 Å². The molecule has 0 saturated carbocycles. The van der Waals surface area contributed by atoms with Crippen LogP contribution in [0.15, 0.2) is 59.7 Å². The van der Waals surface area contributed by atoms with Crippen LogP contribution in [-0.4, -0.2) is 24.2 Å². The molecule has 2 amide bonds. The number of nitrogens with zero attached hydrogens (tertiary/aromatic N) is 1. The molecule has 0 bridgehead atoms. The zero-order valence-corrected chi connectivity index (χ0v) is 15.7. The maximum absolute atomic E-state index is 12.5. The first-order valence-corrected chi connectivity index (χ1v) is 8.80. The molecule has 2 aromatic carbocycles. The summed E-state index contributed by atoms with van der Waals surface area (Å²) in [7, 11) is 0. The summed E-state index contributed by atoms with van der Waals surface area (Å²) in [6.45, 7) is 3.40. The Hall–Kier alpha value is -2.92. The normalized spacial score (nSPS) is 13.9. The van der Waals surface area contributed by atoms with E-state index in [1.54, 1.807) is 50.2 Å². The Morgan fingerprint density at radius 3 is 2.44 bits per heavy atom. The highest BCUT2D eigenvalue weighted by Gasteiger charge is 2.35. The Kier molecular flexibility index (Phi) is 5.42. The number of hydrogen-bond acceptors (Lipinski definition) is 4. The van der Waals surface area contributed by atoms with Gasteiger partial charge in [0.1, 0.15) is 5.75 Å². The minimum atomic E-state index is -0.339. The van der Waals surface area contributed by atoms with Gasteiger partial charge >= 0.3 is 0 Å². The highest BCUT2D eigenvalue weighted by Crippen LogP contribution is 2.34. The molecule has 2 aromatic rings. The molecule has 27 heavy (non-hydrogen) atoms. The number of benzene rings is 2. The van der Waals surface area contributed by atoms with Crippen LogP contribution in [0.4, 0.5) is 5.69 Å². The summed E-state index contributed by atoms with van der Waals surface area (Å²) < 4.78 is 5.56. The molecule has 0 atom stereocenters. The summed E-state index contributed by atoms with van der Waals surface area (Å²) in [5.74, 6) is -0.597. The average Bonchev–Trinajstić information content (AvgIpc) is 2.96. The van der Waals surface area contributed by atoms with Gasteiger partial charge in [0.05, 0.1) is 17.1 Å². The van der Waals surface area contributed by atoms with Crippen LogP contribution in [0.25, 0.3) is 0 Å². The summed E-state index contributed by atoms with van der Waals surface area (Å²) in [5, 5.41) is 0.293. The van der Waals surface area contributed by atoms with E-state index >= 15 is 0 Å². The predicted molar refractivity (Wildman–Crippen MR) is 103 cm³/mol. The van der Waals surface area contributed by atoms with E-state index in [1.165, 1.54) is 6.07 Å². The minimum absolute atomic E-state index is 0.0759. The molecule has 1 saturated heterocycles. The number of amides is 2. The number of halogens is 1. The van der Waals surface area contributed by atoms with Crippen molar-refractivity contribution in [3.63, 3.8) is 0 Å². The zero-order chi connectivity index (χ0) is 19.6. The van der Waals surface area contributed by atoms with E-state index in [9.17, 15) is 14.4 Å². The monoisotopic (exact) mass is 383 g/mol. The first-order chi connectivity index (χ1) is 12.9. The van der Waals surface area contributed by atoms with E-state index in [-0.39, 0.29) is 36.4 Å². The molecule has 0 N–H and O–H groups in total. The molecule has 1 fully saturated rings. The van der Waals surface area contributed by atoms with Crippen molar-refractivity contribution in [2.75, 3.05) is 11.5 Å². The number of rotatable bonds is 5. The maximum atomic E-state index is 12.5. The van der Waals surface area contributed by atoms with Gasteiger partial charge in [0.15, 0.2) is 12.4 Å². The van der Waals surface area contributed by atoms with Gasteiger partial charge in [0.25, 0.3) is 5.91 Å². The van der Waals surface area contributed by atoms with Crippen molar-refractivity contribution < 1.29 is 19.1 Å². The van der Waals surface area contributed by atoms with Gasteiger partial charge in [-0.1, -0.05) is 47.5 Å². The lowest BCUT2D eigenvalue weighted by molar-refractivity contribution is -0.120. The Morgan fingerprint density at radius 2 is 1.81 bits per heavy atom. The summed E-state index contributed by atoms with van der Waals surface area (Å²) in [6, 6.07) is 13.4. The Labute approximate surface area is 162 Å². The van der Waals surface area contributed by atoms with Crippen LogP contribution in [0.3, 0.4) is 0 Å². The van der Waals surface area contributed by atoms with Crippen molar-refractivity contribution in [1.82, 2.24) is 0 Å². The third-order valence-corrected chi connectivity index (χ3v) is 4.58. The third kappa shape index (κ3) is 3.93. The van der Waals surface area contributed by atoms with Gasteiger partial charge in [-0.15, -0.1) is 0 Å². The summed E-state index contributed by atoms with van der Waals surface area (Å²) >= 11 is 6.15. The smallest absolute Gasteiger partial charge is 0.261 e. The summed E-state index contributed by atoms with van der Waals surface area (Å²) in [6.07, 6.45) is 0.0759. The van der Waals surface area contributed by atoms with Gasteiger partial charge in [0.2, 0.25) is 5.91 Å². The van der Waals surface area contributed by atoms with E-state index in [4.69, 9.17) is 16.3 Å². The van der Waals surface area contributed by atoms with Crippen LogP contribution in [0, 0.1) is 0 Å². The maximum Gasteiger partial charge on any atom is 0.261 e. The second-order valence-electron chi connectivity index (χ2n) is 6.38. The highest BCUT2D eigenvalue weighted by molar-refractivity contribution is 6.32. The van der Waals surface area contributed by atoms with Crippen molar-refractivity contribution in [3.8, 4) is 5.75 Å². The summed E-state index contributed by atoms with van der Waals surface area (Å²) in [4.78, 5) is 38.1. The van der Waals surface area contributed by atoms with E-state index in [0.29, 0.717) is 21.8 Å².